The Morgan fingerprint density at radius 3 is 2.64 bits per heavy atom. The number of piperidine rings is 1. The topological polar surface area (TPSA) is 54.7 Å². The second kappa shape index (κ2) is 8.72. The Morgan fingerprint density at radius 1 is 1.24 bits per heavy atom. The summed E-state index contributed by atoms with van der Waals surface area (Å²) in [4.78, 5) is 14.7. The lowest BCUT2D eigenvalue weighted by Gasteiger charge is -2.31. The Kier molecular flexibility index (Phi) is 6.12. The molecule has 0 saturated carbocycles. The van der Waals surface area contributed by atoms with Crippen LogP contribution in [-0.4, -0.2) is 37.0 Å². The van der Waals surface area contributed by atoms with Crippen LogP contribution in [0.3, 0.4) is 0 Å². The van der Waals surface area contributed by atoms with E-state index in [2.05, 4.69) is 10.2 Å². The van der Waals surface area contributed by atoms with E-state index >= 15 is 0 Å². The van der Waals surface area contributed by atoms with Crippen LogP contribution in [0.5, 0.6) is 5.75 Å². The van der Waals surface area contributed by atoms with E-state index in [1.807, 2.05) is 43.3 Å². The molecule has 2 heterocycles. The summed E-state index contributed by atoms with van der Waals surface area (Å²) >= 11 is 0. The zero-order valence-electron chi connectivity index (χ0n) is 14.7. The number of hydrogen-bond donors (Lipinski definition) is 1. The molecule has 0 spiro atoms. The molecule has 1 N–H and O–H groups in total. The molecule has 0 aliphatic carbocycles. The monoisotopic (exact) mass is 342 g/mol. The van der Waals surface area contributed by atoms with Crippen LogP contribution in [-0.2, 0) is 6.54 Å². The Hall–Kier alpha value is -2.27. The number of nitrogens with one attached hydrogen (secondary N) is 1. The molecule has 1 aromatic heterocycles. The summed E-state index contributed by atoms with van der Waals surface area (Å²) in [6.07, 6.45) is 3.92. The first-order chi connectivity index (χ1) is 12.2. The van der Waals surface area contributed by atoms with Gasteiger partial charge in [-0.3, -0.25) is 9.69 Å². The number of amides is 1. The summed E-state index contributed by atoms with van der Waals surface area (Å²) < 4.78 is 10.8. The van der Waals surface area contributed by atoms with Gasteiger partial charge < -0.3 is 14.5 Å². The van der Waals surface area contributed by atoms with Gasteiger partial charge >= 0.3 is 0 Å². The van der Waals surface area contributed by atoms with Crippen molar-refractivity contribution >= 4 is 5.91 Å². The first-order valence-electron chi connectivity index (χ1n) is 9.00. The second-order valence-electron chi connectivity index (χ2n) is 6.47. The van der Waals surface area contributed by atoms with Crippen LogP contribution in [0, 0.1) is 5.92 Å². The standard InChI is InChI=1S/C20H26N2O3/c1-2-24-18-7-5-17(6-8-18)20(23)21-14-16-9-11-22(12-10-16)15-19-4-3-13-25-19/h3-8,13,16H,2,9-12,14-15H2,1H3,(H,21,23). The van der Waals surface area contributed by atoms with Crippen LogP contribution in [0.2, 0.25) is 0 Å². The number of carbonyl (C=O) groups is 1. The normalized spacial score (nSPS) is 15.9. The first-order valence-corrected chi connectivity index (χ1v) is 9.00. The molecule has 2 aromatic rings. The van der Waals surface area contributed by atoms with Crippen LogP contribution in [0.25, 0.3) is 0 Å². The van der Waals surface area contributed by atoms with Gasteiger partial charge in [-0.1, -0.05) is 0 Å². The number of rotatable bonds is 7. The average molecular weight is 342 g/mol. The molecule has 1 amide bonds. The van der Waals surface area contributed by atoms with Crippen molar-refractivity contribution < 1.29 is 13.9 Å². The molecule has 1 fully saturated rings. The molecule has 25 heavy (non-hydrogen) atoms. The Labute approximate surface area is 149 Å². The van der Waals surface area contributed by atoms with E-state index in [1.165, 1.54) is 0 Å². The third-order valence-electron chi connectivity index (χ3n) is 4.65. The van der Waals surface area contributed by atoms with Crippen molar-refractivity contribution in [3.8, 4) is 5.75 Å². The van der Waals surface area contributed by atoms with Gasteiger partial charge in [-0.15, -0.1) is 0 Å². The van der Waals surface area contributed by atoms with E-state index < -0.39 is 0 Å². The van der Waals surface area contributed by atoms with Crippen molar-refractivity contribution in [2.24, 2.45) is 5.92 Å². The van der Waals surface area contributed by atoms with Gasteiger partial charge in [0.05, 0.1) is 19.4 Å². The van der Waals surface area contributed by atoms with Crippen molar-refractivity contribution in [2.45, 2.75) is 26.3 Å². The van der Waals surface area contributed by atoms with Gasteiger partial charge in [-0.25, -0.2) is 0 Å². The second-order valence-corrected chi connectivity index (χ2v) is 6.47. The van der Waals surface area contributed by atoms with Crippen LogP contribution < -0.4 is 10.1 Å². The van der Waals surface area contributed by atoms with Gasteiger partial charge in [0.2, 0.25) is 0 Å². The first kappa shape index (κ1) is 17.5. The molecule has 0 radical (unpaired) electrons. The third kappa shape index (κ3) is 5.10. The molecule has 0 bridgehead atoms. The van der Waals surface area contributed by atoms with Gasteiger partial charge in [-0.05, 0) is 75.2 Å². The molecule has 134 valence electrons. The summed E-state index contributed by atoms with van der Waals surface area (Å²) in [5.41, 5.74) is 0.679. The largest absolute Gasteiger partial charge is 0.494 e. The van der Waals surface area contributed by atoms with Gasteiger partial charge in [0, 0.05) is 12.1 Å². The molecular formula is C20H26N2O3. The summed E-state index contributed by atoms with van der Waals surface area (Å²) in [5.74, 6) is 2.34. The molecule has 1 aliphatic heterocycles. The van der Waals surface area contributed by atoms with E-state index in [0.29, 0.717) is 18.1 Å². The summed E-state index contributed by atoms with van der Waals surface area (Å²) in [7, 11) is 0. The predicted molar refractivity (Wildman–Crippen MR) is 96.7 cm³/mol. The molecule has 5 nitrogen and oxygen atoms in total. The van der Waals surface area contributed by atoms with E-state index in [9.17, 15) is 4.79 Å². The number of nitrogens with zero attached hydrogens (tertiary/aromatic N) is 1. The van der Waals surface area contributed by atoms with Gasteiger partial charge in [0.15, 0.2) is 0 Å². The van der Waals surface area contributed by atoms with Gasteiger partial charge in [0.1, 0.15) is 11.5 Å². The minimum absolute atomic E-state index is 0.0129. The lowest BCUT2D eigenvalue weighted by molar-refractivity contribution is 0.0934. The maximum absolute atomic E-state index is 12.3. The lowest BCUT2D eigenvalue weighted by atomic mass is 9.96. The minimum atomic E-state index is -0.0129. The fraction of sp³-hybridized carbons (Fsp3) is 0.450. The number of carbonyl (C=O) groups excluding carboxylic acids is 1. The maximum atomic E-state index is 12.3. The zero-order chi connectivity index (χ0) is 17.5. The highest BCUT2D eigenvalue weighted by Gasteiger charge is 2.20. The Morgan fingerprint density at radius 2 is 2.00 bits per heavy atom. The molecule has 0 atom stereocenters. The van der Waals surface area contributed by atoms with Crippen molar-refractivity contribution in [2.75, 3.05) is 26.2 Å². The molecule has 3 rings (SSSR count). The molecule has 1 aromatic carbocycles. The van der Waals surface area contributed by atoms with E-state index in [-0.39, 0.29) is 5.91 Å². The average Bonchev–Trinajstić information content (AvgIpc) is 3.15. The fourth-order valence-electron chi connectivity index (χ4n) is 3.18. The number of hydrogen-bond acceptors (Lipinski definition) is 4. The Bertz CT molecular complexity index is 644. The molecular weight excluding hydrogens is 316 g/mol. The van der Waals surface area contributed by atoms with E-state index in [0.717, 1.165) is 50.5 Å². The highest BCUT2D eigenvalue weighted by atomic mass is 16.5. The number of furan rings is 1. The van der Waals surface area contributed by atoms with Crippen molar-refractivity contribution in [1.82, 2.24) is 10.2 Å². The molecule has 1 aliphatic rings. The lowest BCUT2D eigenvalue weighted by Crippen LogP contribution is -2.38. The highest BCUT2D eigenvalue weighted by Crippen LogP contribution is 2.19. The number of ether oxygens (including phenoxy) is 1. The third-order valence-corrected chi connectivity index (χ3v) is 4.65. The molecule has 5 heteroatoms. The maximum Gasteiger partial charge on any atom is 0.251 e. The number of benzene rings is 1. The SMILES string of the molecule is CCOc1ccc(C(=O)NCC2CCN(Cc3ccco3)CC2)cc1. The van der Waals surface area contributed by atoms with Gasteiger partial charge in [0.25, 0.3) is 5.91 Å². The zero-order valence-corrected chi connectivity index (χ0v) is 14.7. The van der Waals surface area contributed by atoms with Gasteiger partial charge in [-0.2, -0.15) is 0 Å². The quantitative estimate of drug-likeness (QED) is 0.839. The smallest absolute Gasteiger partial charge is 0.251 e. The van der Waals surface area contributed by atoms with E-state index in [4.69, 9.17) is 9.15 Å². The summed E-state index contributed by atoms with van der Waals surface area (Å²) in [5, 5.41) is 3.06. The predicted octanol–water partition coefficient (Wildman–Crippen LogP) is 3.32. The summed E-state index contributed by atoms with van der Waals surface area (Å²) in [6.45, 7) is 6.28. The molecule has 0 unspecified atom stereocenters. The van der Waals surface area contributed by atoms with Crippen molar-refractivity contribution in [1.29, 1.82) is 0 Å². The van der Waals surface area contributed by atoms with Crippen LogP contribution >= 0.6 is 0 Å². The highest BCUT2D eigenvalue weighted by molar-refractivity contribution is 5.94. The van der Waals surface area contributed by atoms with Crippen molar-refractivity contribution in [3.63, 3.8) is 0 Å². The van der Waals surface area contributed by atoms with Crippen molar-refractivity contribution in [3.05, 3.63) is 54.0 Å². The summed E-state index contributed by atoms with van der Waals surface area (Å²) in [6, 6.07) is 11.2. The Balaban J connectivity index is 1.39. The van der Waals surface area contributed by atoms with Crippen LogP contribution in [0.15, 0.2) is 47.1 Å². The molecule has 1 saturated heterocycles. The number of likely N-dealkylation sites (tertiary alicyclic amines) is 1. The van der Waals surface area contributed by atoms with Crippen LogP contribution in [0.4, 0.5) is 0 Å². The fourth-order valence-corrected chi connectivity index (χ4v) is 3.18. The van der Waals surface area contributed by atoms with E-state index in [1.54, 1.807) is 6.26 Å². The van der Waals surface area contributed by atoms with Crippen LogP contribution in [0.1, 0.15) is 35.9 Å². The minimum Gasteiger partial charge on any atom is -0.494 e.